The van der Waals surface area contributed by atoms with Crippen molar-refractivity contribution in [1.29, 1.82) is 0 Å². The van der Waals surface area contributed by atoms with Gasteiger partial charge in [0.05, 0.1) is 11.4 Å². The number of nitrogens with zero attached hydrogens (tertiary/aromatic N) is 4. The van der Waals surface area contributed by atoms with Crippen LogP contribution in [0.5, 0.6) is 0 Å². The van der Waals surface area contributed by atoms with E-state index in [1.165, 1.54) is 0 Å². The fraction of sp³-hybridized carbons (Fsp3) is 0.500. The Balaban J connectivity index is 2.44. The van der Waals surface area contributed by atoms with Gasteiger partial charge in [-0.1, -0.05) is 11.8 Å². The number of hydrogen-bond acceptors (Lipinski definition) is 6. The largest absolute Gasteiger partial charge is 0.481 e. The molecule has 0 aliphatic heterocycles. The van der Waals surface area contributed by atoms with E-state index in [0.717, 1.165) is 17.5 Å². The predicted octanol–water partition coefficient (Wildman–Crippen LogP) is 2.31. The van der Waals surface area contributed by atoms with Crippen LogP contribution in [0.3, 0.4) is 0 Å². The van der Waals surface area contributed by atoms with Gasteiger partial charge < -0.3 is 9.52 Å². The summed E-state index contributed by atoms with van der Waals surface area (Å²) < 4.78 is 7.43. The summed E-state index contributed by atoms with van der Waals surface area (Å²) in [6.07, 6.45) is 0. The van der Waals surface area contributed by atoms with Crippen molar-refractivity contribution >= 4 is 17.7 Å². The molecule has 7 nitrogen and oxygen atoms in total. The summed E-state index contributed by atoms with van der Waals surface area (Å²) in [5.74, 6) is 0.771. The Hall–Kier alpha value is -1.83. The van der Waals surface area contributed by atoms with Crippen molar-refractivity contribution in [2.45, 2.75) is 38.9 Å². The van der Waals surface area contributed by atoms with Gasteiger partial charge in [-0.05, 0) is 20.8 Å². The normalized spacial score (nSPS) is 11.2. The quantitative estimate of drug-likeness (QED) is 0.846. The molecule has 20 heavy (non-hydrogen) atoms. The van der Waals surface area contributed by atoms with Gasteiger partial charge in [-0.3, -0.25) is 9.36 Å². The molecule has 0 radical (unpaired) electrons. The van der Waals surface area contributed by atoms with Gasteiger partial charge in [0.15, 0.2) is 16.8 Å². The molecule has 0 bridgehead atoms. The lowest BCUT2D eigenvalue weighted by atomic mass is 10.3. The molecule has 0 aromatic carbocycles. The van der Waals surface area contributed by atoms with E-state index in [4.69, 9.17) is 9.52 Å². The van der Waals surface area contributed by atoms with Gasteiger partial charge >= 0.3 is 5.97 Å². The van der Waals surface area contributed by atoms with Gasteiger partial charge in [0.2, 0.25) is 5.82 Å². The molecule has 0 fully saturated rings. The third-order valence-electron chi connectivity index (χ3n) is 2.61. The maximum absolute atomic E-state index is 10.7. The van der Waals surface area contributed by atoms with Crippen molar-refractivity contribution in [3.05, 3.63) is 11.6 Å². The first-order chi connectivity index (χ1) is 9.40. The lowest BCUT2D eigenvalue weighted by Gasteiger charge is -2.12. The number of hydrogen-bond donors (Lipinski definition) is 1. The van der Waals surface area contributed by atoms with Crippen molar-refractivity contribution in [3.63, 3.8) is 0 Å². The Morgan fingerprint density at radius 2 is 2.10 bits per heavy atom. The van der Waals surface area contributed by atoms with Gasteiger partial charge in [-0.2, -0.15) is 0 Å². The lowest BCUT2D eigenvalue weighted by Crippen LogP contribution is -2.07. The second-order valence-corrected chi connectivity index (χ2v) is 5.54. The first-order valence-electron chi connectivity index (χ1n) is 6.14. The van der Waals surface area contributed by atoms with Crippen LogP contribution < -0.4 is 0 Å². The van der Waals surface area contributed by atoms with Crippen molar-refractivity contribution in [2.24, 2.45) is 0 Å². The fourth-order valence-electron chi connectivity index (χ4n) is 1.86. The predicted molar refractivity (Wildman–Crippen MR) is 73.7 cm³/mol. The monoisotopic (exact) mass is 296 g/mol. The van der Waals surface area contributed by atoms with E-state index in [0.29, 0.717) is 22.6 Å². The molecular formula is C12H16N4O3S. The molecular weight excluding hydrogens is 280 g/mol. The Morgan fingerprint density at radius 3 is 2.60 bits per heavy atom. The highest BCUT2D eigenvalue weighted by atomic mass is 32.2. The summed E-state index contributed by atoms with van der Waals surface area (Å²) in [6.45, 7) is 7.58. The maximum Gasteiger partial charge on any atom is 0.313 e. The molecule has 108 valence electrons. The maximum atomic E-state index is 10.7. The standard InChI is InChI=1S/C12H16N4O3S/c1-6(2)16-11(10-7(3)13-8(4)19-10)14-15-12(16)20-5-9(17)18/h6H,5H2,1-4H3,(H,17,18). The minimum Gasteiger partial charge on any atom is -0.481 e. The van der Waals surface area contributed by atoms with Gasteiger partial charge in [0, 0.05) is 13.0 Å². The zero-order chi connectivity index (χ0) is 14.9. The number of carbonyl (C=O) groups is 1. The topological polar surface area (TPSA) is 94.0 Å². The third-order valence-corrected chi connectivity index (χ3v) is 3.54. The van der Waals surface area contributed by atoms with Crippen LogP contribution >= 0.6 is 11.8 Å². The molecule has 8 heteroatoms. The highest BCUT2D eigenvalue weighted by molar-refractivity contribution is 7.99. The molecule has 0 amide bonds. The first-order valence-corrected chi connectivity index (χ1v) is 7.12. The summed E-state index contributed by atoms with van der Waals surface area (Å²) in [6, 6.07) is 0.0844. The Bertz CT molecular complexity index is 633. The Morgan fingerprint density at radius 1 is 1.40 bits per heavy atom. The second-order valence-electron chi connectivity index (χ2n) is 4.60. The molecule has 1 N–H and O–H groups in total. The average Bonchev–Trinajstić information content (AvgIpc) is 2.89. The summed E-state index contributed by atoms with van der Waals surface area (Å²) in [5.41, 5.74) is 0.742. The van der Waals surface area contributed by atoms with Crippen LogP contribution in [-0.4, -0.2) is 36.6 Å². The van der Waals surface area contributed by atoms with Crippen LogP contribution in [0, 0.1) is 13.8 Å². The number of rotatable bonds is 5. The van der Waals surface area contributed by atoms with Gasteiger partial charge in [0.1, 0.15) is 0 Å². The molecule has 0 saturated heterocycles. The molecule has 2 aromatic heterocycles. The van der Waals surface area contributed by atoms with E-state index in [9.17, 15) is 4.79 Å². The number of oxazole rings is 1. The smallest absolute Gasteiger partial charge is 0.313 e. The number of aromatic nitrogens is 4. The van der Waals surface area contributed by atoms with Gasteiger partial charge in [-0.15, -0.1) is 10.2 Å². The number of aliphatic carboxylic acids is 1. The van der Waals surface area contributed by atoms with Gasteiger partial charge in [-0.25, -0.2) is 4.98 Å². The average molecular weight is 296 g/mol. The van der Waals surface area contributed by atoms with Crippen molar-refractivity contribution < 1.29 is 14.3 Å². The van der Waals surface area contributed by atoms with E-state index < -0.39 is 5.97 Å². The van der Waals surface area contributed by atoms with Crippen LogP contribution in [0.4, 0.5) is 0 Å². The number of carboxylic acids is 1. The minimum absolute atomic E-state index is 0.0563. The Kier molecular flexibility index (Phi) is 4.12. The molecule has 0 spiro atoms. The molecule has 0 unspecified atom stereocenters. The van der Waals surface area contributed by atoms with Gasteiger partial charge in [0.25, 0.3) is 0 Å². The van der Waals surface area contributed by atoms with E-state index in [-0.39, 0.29) is 11.8 Å². The van der Waals surface area contributed by atoms with E-state index in [1.54, 1.807) is 6.92 Å². The fourth-order valence-corrected chi connectivity index (χ4v) is 2.65. The van der Waals surface area contributed by atoms with E-state index >= 15 is 0 Å². The molecule has 0 saturated carbocycles. The van der Waals surface area contributed by atoms with Crippen LogP contribution in [-0.2, 0) is 4.79 Å². The van der Waals surface area contributed by atoms with E-state index in [1.807, 2.05) is 25.3 Å². The van der Waals surface area contributed by atoms with Crippen LogP contribution in [0.2, 0.25) is 0 Å². The first kappa shape index (κ1) is 14.6. The van der Waals surface area contributed by atoms with Crippen molar-refractivity contribution in [3.8, 4) is 11.6 Å². The van der Waals surface area contributed by atoms with Crippen molar-refractivity contribution in [1.82, 2.24) is 19.7 Å². The van der Waals surface area contributed by atoms with Crippen LogP contribution in [0.1, 0.15) is 31.5 Å². The van der Waals surface area contributed by atoms with E-state index in [2.05, 4.69) is 15.2 Å². The second kappa shape index (κ2) is 5.66. The molecule has 0 aliphatic rings. The summed E-state index contributed by atoms with van der Waals surface area (Å²) in [5, 5.41) is 17.5. The number of aryl methyl sites for hydroxylation is 2. The highest BCUT2D eigenvalue weighted by Gasteiger charge is 2.22. The molecule has 2 rings (SSSR count). The molecule has 0 aliphatic carbocycles. The molecule has 0 atom stereocenters. The minimum atomic E-state index is -0.887. The Labute approximate surface area is 120 Å². The third kappa shape index (κ3) is 2.84. The van der Waals surface area contributed by atoms with Crippen LogP contribution in [0.15, 0.2) is 9.57 Å². The zero-order valence-corrected chi connectivity index (χ0v) is 12.6. The summed E-state index contributed by atoms with van der Waals surface area (Å²) in [4.78, 5) is 14.9. The highest BCUT2D eigenvalue weighted by Crippen LogP contribution is 2.29. The van der Waals surface area contributed by atoms with Crippen molar-refractivity contribution in [2.75, 3.05) is 5.75 Å². The lowest BCUT2D eigenvalue weighted by molar-refractivity contribution is -0.133. The summed E-state index contributed by atoms with van der Waals surface area (Å²) >= 11 is 1.14. The zero-order valence-electron chi connectivity index (χ0n) is 11.7. The molecule has 2 heterocycles. The number of thioether (sulfide) groups is 1. The molecule has 2 aromatic rings. The summed E-state index contributed by atoms with van der Waals surface area (Å²) in [7, 11) is 0. The number of carboxylic acid groups (broad SMARTS) is 1. The van der Waals surface area contributed by atoms with Crippen LogP contribution in [0.25, 0.3) is 11.6 Å². The SMILES string of the molecule is Cc1nc(C)c(-c2nnc(SCC(=O)O)n2C(C)C)o1.